The van der Waals surface area contributed by atoms with Crippen molar-refractivity contribution < 1.29 is 4.79 Å². The van der Waals surface area contributed by atoms with Crippen molar-refractivity contribution >= 4 is 32.7 Å². The van der Waals surface area contributed by atoms with E-state index in [9.17, 15) is 9.59 Å². The molecule has 0 atom stereocenters. The molecule has 6 heteroatoms. The summed E-state index contributed by atoms with van der Waals surface area (Å²) in [6, 6.07) is 15.3. The van der Waals surface area contributed by atoms with Gasteiger partial charge in [0.15, 0.2) is 0 Å². The van der Waals surface area contributed by atoms with E-state index in [1.165, 1.54) is 4.57 Å². The molecule has 27 heavy (non-hydrogen) atoms. The lowest BCUT2D eigenvalue weighted by Gasteiger charge is -2.43. The lowest BCUT2D eigenvalue weighted by Crippen LogP contribution is -2.52. The summed E-state index contributed by atoms with van der Waals surface area (Å²) in [5, 5.41) is 3.71. The molecule has 1 aliphatic rings. The van der Waals surface area contributed by atoms with Gasteiger partial charge in [-0.15, -0.1) is 0 Å². The smallest absolute Gasteiger partial charge is 0.261 e. The fraction of sp³-hybridized carbons (Fsp3) is 0.286. The van der Waals surface area contributed by atoms with E-state index in [1.807, 2.05) is 36.4 Å². The molecule has 0 aliphatic heterocycles. The molecule has 1 saturated carbocycles. The summed E-state index contributed by atoms with van der Waals surface area (Å²) >= 11 is 3.50. The normalized spacial score (nSPS) is 15.3. The molecule has 0 saturated heterocycles. The van der Waals surface area contributed by atoms with Crippen LogP contribution in [0.3, 0.4) is 0 Å². The second-order valence-electron chi connectivity index (χ2n) is 7.06. The van der Waals surface area contributed by atoms with Crippen LogP contribution in [0.4, 0.5) is 0 Å². The minimum absolute atomic E-state index is 0.0295. The Bertz CT molecular complexity index is 1090. The van der Waals surface area contributed by atoms with Gasteiger partial charge in [-0.2, -0.15) is 0 Å². The number of fused-ring (bicyclic) bond motifs is 1. The highest BCUT2D eigenvalue weighted by molar-refractivity contribution is 9.10. The Morgan fingerprint density at radius 2 is 2.00 bits per heavy atom. The maximum absolute atomic E-state index is 12.8. The highest BCUT2D eigenvalue weighted by atomic mass is 79.9. The fourth-order valence-corrected chi connectivity index (χ4v) is 4.12. The maximum Gasteiger partial charge on any atom is 0.261 e. The van der Waals surface area contributed by atoms with Gasteiger partial charge in [-0.3, -0.25) is 14.2 Å². The quantitative estimate of drug-likeness (QED) is 0.693. The standard InChI is InChI=1S/C21H20BrN3O2/c1-14-23-18-9-3-2-8-17(18)20(27)25(14)13-19(26)24-21(10-5-11-21)15-6-4-7-16(22)12-15/h2-4,6-9,12H,5,10-11,13H2,1H3,(H,24,26). The zero-order valence-electron chi connectivity index (χ0n) is 15.0. The third-order valence-electron chi connectivity index (χ3n) is 5.32. The molecule has 2 aromatic carbocycles. The van der Waals surface area contributed by atoms with Gasteiger partial charge in [0.1, 0.15) is 12.4 Å². The lowest BCUT2D eigenvalue weighted by atomic mass is 9.72. The number of hydrogen-bond donors (Lipinski definition) is 1. The first-order chi connectivity index (χ1) is 13.0. The number of carbonyl (C=O) groups is 1. The Labute approximate surface area is 165 Å². The van der Waals surface area contributed by atoms with Crippen LogP contribution in [0.2, 0.25) is 0 Å². The first-order valence-corrected chi connectivity index (χ1v) is 9.81. The number of para-hydroxylation sites is 1. The molecule has 0 radical (unpaired) electrons. The van der Waals surface area contributed by atoms with Crippen LogP contribution >= 0.6 is 15.9 Å². The molecule has 1 aliphatic carbocycles. The summed E-state index contributed by atoms with van der Waals surface area (Å²) in [5.74, 6) is 0.371. The van der Waals surface area contributed by atoms with Gasteiger partial charge < -0.3 is 5.32 Å². The zero-order valence-corrected chi connectivity index (χ0v) is 16.6. The Balaban J connectivity index is 1.61. The van der Waals surface area contributed by atoms with Crippen molar-refractivity contribution in [3.63, 3.8) is 0 Å². The Hall–Kier alpha value is -2.47. The first-order valence-electron chi connectivity index (χ1n) is 9.02. The summed E-state index contributed by atoms with van der Waals surface area (Å²) in [6.07, 6.45) is 2.88. The van der Waals surface area contributed by atoms with Gasteiger partial charge in [-0.25, -0.2) is 4.98 Å². The van der Waals surface area contributed by atoms with E-state index in [4.69, 9.17) is 0 Å². The topological polar surface area (TPSA) is 64.0 Å². The molecule has 5 nitrogen and oxygen atoms in total. The molecular weight excluding hydrogens is 406 g/mol. The van der Waals surface area contributed by atoms with Crippen molar-refractivity contribution in [2.45, 2.75) is 38.3 Å². The van der Waals surface area contributed by atoms with E-state index >= 15 is 0 Å². The summed E-state index contributed by atoms with van der Waals surface area (Å²) in [7, 11) is 0. The number of amides is 1. The van der Waals surface area contributed by atoms with Crippen molar-refractivity contribution in [2.75, 3.05) is 0 Å². The number of benzene rings is 2. The van der Waals surface area contributed by atoms with Crippen molar-refractivity contribution in [2.24, 2.45) is 0 Å². The van der Waals surface area contributed by atoms with Gasteiger partial charge >= 0.3 is 0 Å². The van der Waals surface area contributed by atoms with Crippen LogP contribution in [-0.4, -0.2) is 15.5 Å². The number of halogens is 1. The number of carbonyl (C=O) groups excluding carboxylic acids is 1. The molecule has 3 aromatic rings. The summed E-state index contributed by atoms with van der Waals surface area (Å²) in [6.45, 7) is 1.73. The average molecular weight is 426 g/mol. The highest BCUT2D eigenvalue weighted by Crippen LogP contribution is 2.41. The minimum atomic E-state index is -0.345. The molecule has 1 fully saturated rings. The number of rotatable bonds is 4. The van der Waals surface area contributed by atoms with E-state index in [2.05, 4.69) is 32.3 Å². The Morgan fingerprint density at radius 3 is 2.70 bits per heavy atom. The van der Waals surface area contributed by atoms with Gasteiger partial charge in [0.25, 0.3) is 5.56 Å². The van der Waals surface area contributed by atoms with Crippen molar-refractivity contribution in [1.82, 2.24) is 14.9 Å². The van der Waals surface area contributed by atoms with Crippen LogP contribution in [0.5, 0.6) is 0 Å². The van der Waals surface area contributed by atoms with E-state index in [0.717, 1.165) is 29.3 Å². The van der Waals surface area contributed by atoms with E-state index in [0.29, 0.717) is 16.7 Å². The number of nitrogens with one attached hydrogen (secondary N) is 1. The Kier molecular flexibility index (Phi) is 4.60. The second-order valence-corrected chi connectivity index (χ2v) is 7.98. The average Bonchev–Trinajstić information content (AvgIpc) is 2.62. The molecule has 1 heterocycles. The minimum Gasteiger partial charge on any atom is -0.345 e. The molecule has 0 spiro atoms. The largest absolute Gasteiger partial charge is 0.345 e. The van der Waals surface area contributed by atoms with Gasteiger partial charge in [-0.05, 0) is 56.0 Å². The van der Waals surface area contributed by atoms with E-state index in [1.54, 1.807) is 13.0 Å². The third-order valence-corrected chi connectivity index (χ3v) is 5.81. The maximum atomic E-state index is 12.8. The van der Waals surface area contributed by atoms with Crippen LogP contribution in [0.1, 0.15) is 30.7 Å². The summed E-state index contributed by atoms with van der Waals surface area (Å²) in [5.41, 5.74) is 1.22. The van der Waals surface area contributed by atoms with Crippen LogP contribution in [0, 0.1) is 6.92 Å². The van der Waals surface area contributed by atoms with Crippen molar-refractivity contribution in [3.05, 3.63) is 74.7 Å². The fourth-order valence-electron chi connectivity index (χ4n) is 3.72. The van der Waals surface area contributed by atoms with Crippen molar-refractivity contribution in [3.8, 4) is 0 Å². The molecule has 0 unspecified atom stereocenters. The molecular formula is C21H20BrN3O2. The predicted octanol–water partition coefficient (Wildman–Crippen LogP) is 3.66. The number of aromatic nitrogens is 2. The van der Waals surface area contributed by atoms with Gasteiger partial charge in [0.2, 0.25) is 5.91 Å². The SMILES string of the molecule is Cc1nc2ccccc2c(=O)n1CC(=O)NC1(c2cccc(Br)c2)CCC1. The molecule has 1 N–H and O–H groups in total. The van der Waals surface area contributed by atoms with E-state index in [-0.39, 0.29) is 23.6 Å². The van der Waals surface area contributed by atoms with Crippen LogP contribution < -0.4 is 10.9 Å². The highest BCUT2D eigenvalue weighted by Gasteiger charge is 2.40. The first kappa shape index (κ1) is 17.9. The molecule has 0 bridgehead atoms. The molecule has 1 amide bonds. The second kappa shape index (κ2) is 6.93. The molecule has 4 rings (SSSR count). The van der Waals surface area contributed by atoms with Crippen LogP contribution in [0.15, 0.2) is 57.8 Å². The van der Waals surface area contributed by atoms with Crippen LogP contribution in [0.25, 0.3) is 10.9 Å². The van der Waals surface area contributed by atoms with Gasteiger partial charge in [0.05, 0.1) is 16.4 Å². The van der Waals surface area contributed by atoms with E-state index < -0.39 is 0 Å². The Morgan fingerprint density at radius 1 is 1.22 bits per heavy atom. The predicted molar refractivity (Wildman–Crippen MR) is 109 cm³/mol. The monoisotopic (exact) mass is 425 g/mol. The zero-order chi connectivity index (χ0) is 19.0. The summed E-state index contributed by atoms with van der Waals surface area (Å²) in [4.78, 5) is 30.1. The number of nitrogens with zero attached hydrogens (tertiary/aromatic N) is 2. The molecule has 1 aromatic heterocycles. The van der Waals surface area contributed by atoms with Crippen molar-refractivity contribution in [1.29, 1.82) is 0 Å². The van der Waals surface area contributed by atoms with Crippen LogP contribution in [-0.2, 0) is 16.9 Å². The number of aryl methyl sites for hydroxylation is 1. The van der Waals surface area contributed by atoms with Gasteiger partial charge in [0, 0.05) is 4.47 Å². The summed E-state index contributed by atoms with van der Waals surface area (Å²) < 4.78 is 2.44. The third kappa shape index (κ3) is 3.30. The number of hydrogen-bond acceptors (Lipinski definition) is 3. The lowest BCUT2D eigenvalue weighted by molar-refractivity contribution is -0.125. The molecule has 138 valence electrons. The van der Waals surface area contributed by atoms with Gasteiger partial charge in [-0.1, -0.05) is 40.2 Å².